The lowest BCUT2D eigenvalue weighted by Crippen LogP contribution is -2.19. The molecule has 19 heavy (non-hydrogen) atoms. The van der Waals surface area contributed by atoms with Crippen LogP contribution in [0, 0.1) is 0 Å². The fourth-order valence-corrected chi connectivity index (χ4v) is 1.50. The summed E-state index contributed by atoms with van der Waals surface area (Å²) < 4.78 is 5.72. The summed E-state index contributed by atoms with van der Waals surface area (Å²) in [4.78, 5) is 0. The fourth-order valence-electron chi connectivity index (χ4n) is 1.50. The highest BCUT2D eigenvalue weighted by atomic mass is 16.5. The monoisotopic (exact) mass is 269 g/mol. The normalized spacial score (nSPS) is 14.7. The molecular weight excluding hydrogens is 234 g/mol. The molecule has 2 nitrogen and oxygen atoms in total. The molecule has 1 rings (SSSR count). The highest BCUT2D eigenvalue weighted by Gasteiger charge is 2.04. The van der Waals surface area contributed by atoms with Crippen LogP contribution in [0.2, 0.25) is 0 Å². The third kappa shape index (κ3) is 10.6. The first kappa shape index (κ1) is 20.3. The smallest absolute Gasteiger partial charge is 0.116 e. The maximum Gasteiger partial charge on any atom is 0.116 e. The summed E-state index contributed by atoms with van der Waals surface area (Å²) in [5, 5.41) is 0. The SMILES string of the molecule is CC.CC.CCCC1=CC(O[C@H](C)CN)=CCC=C1.[HH]. The summed E-state index contributed by atoms with van der Waals surface area (Å²) in [5.41, 5.74) is 6.87. The number of hydrogen-bond acceptors (Lipinski definition) is 2. The van der Waals surface area contributed by atoms with Gasteiger partial charge in [-0.2, -0.15) is 0 Å². The second-order valence-corrected chi connectivity index (χ2v) is 3.88. The van der Waals surface area contributed by atoms with Crippen LogP contribution in [0.1, 0.15) is 62.2 Å². The quantitative estimate of drug-likeness (QED) is 0.742. The summed E-state index contributed by atoms with van der Waals surface area (Å²) in [6.45, 7) is 12.7. The average molecular weight is 269 g/mol. The molecule has 0 aliphatic heterocycles. The van der Waals surface area contributed by atoms with E-state index in [1.807, 2.05) is 34.6 Å². The molecule has 2 N–H and O–H groups in total. The molecule has 0 aromatic carbocycles. The summed E-state index contributed by atoms with van der Waals surface area (Å²) in [6.07, 6.45) is 11.9. The Morgan fingerprint density at radius 3 is 2.47 bits per heavy atom. The molecule has 1 aliphatic rings. The second kappa shape index (κ2) is 15.0. The van der Waals surface area contributed by atoms with E-state index in [4.69, 9.17) is 10.5 Å². The van der Waals surface area contributed by atoms with E-state index in [1.165, 1.54) is 5.57 Å². The fraction of sp³-hybridized carbons (Fsp3) is 0.647. The van der Waals surface area contributed by atoms with Gasteiger partial charge in [-0.15, -0.1) is 0 Å². The number of ether oxygens (including phenoxy) is 1. The Kier molecular flexibility index (Phi) is 16.1. The first-order valence-electron chi connectivity index (χ1n) is 7.70. The minimum absolute atomic E-state index is 0. The van der Waals surface area contributed by atoms with Gasteiger partial charge in [-0.25, -0.2) is 0 Å². The Labute approximate surface area is 121 Å². The van der Waals surface area contributed by atoms with Crippen molar-refractivity contribution in [2.24, 2.45) is 5.73 Å². The molecule has 114 valence electrons. The molecule has 1 aliphatic carbocycles. The van der Waals surface area contributed by atoms with Crippen LogP contribution in [0.5, 0.6) is 0 Å². The lowest BCUT2D eigenvalue weighted by molar-refractivity contribution is 0.147. The third-order valence-electron chi connectivity index (χ3n) is 2.32. The molecule has 0 fully saturated rings. The van der Waals surface area contributed by atoms with Gasteiger partial charge in [0.15, 0.2) is 0 Å². The lowest BCUT2D eigenvalue weighted by atomic mass is 10.1. The topological polar surface area (TPSA) is 35.2 Å². The zero-order valence-corrected chi connectivity index (χ0v) is 13.7. The second-order valence-electron chi connectivity index (χ2n) is 3.88. The predicted octanol–water partition coefficient (Wildman–Crippen LogP) is 5.22. The molecule has 0 unspecified atom stereocenters. The van der Waals surface area contributed by atoms with Gasteiger partial charge in [0.1, 0.15) is 11.9 Å². The van der Waals surface area contributed by atoms with Crippen molar-refractivity contribution in [3.8, 4) is 0 Å². The summed E-state index contributed by atoms with van der Waals surface area (Å²) in [7, 11) is 0. The highest BCUT2D eigenvalue weighted by molar-refractivity contribution is 5.30. The van der Waals surface area contributed by atoms with Gasteiger partial charge in [0, 0.05) is 7.97 Å². The minimum Gasteiger partial charge on any atom is -0.490 e. The Morgan fingerprint density at radius 1 is 1.32 bits per heavy atom. The van der Waals surface area contributed by atoms with Gasteiger partial charge in [0.25, 0.3) is 0 Å². The van der Waals surface area contributed by atoms with Crippen molar-refractivity contribution < 1.29 is 6.16 Å². The summed E-state index contributed by atoms with van der Waals surface area (Å²) in [5.74, 6) is 0.960. The van der Waals surface area contributed by atoms with Crippen molar-refractivity contribution in [2.45, 2.75) is 66.9 Å². The molecule has 0 spiro atoms. The van der Waals surface area contributed by atoms with E-state index in [9.17, 15) is 0 Å². The van der Waals surface area contributed by atoms with Crippen molar-refractivity contribution in [2.75, 3.05) is 6.54 Å². The van der Waals surface area contributed by atoms with Gasteiger partial charge in [-0.05, 0) is 37.5 Å². The van der Waals surface area contributed by atoms with Crippen LogP contribution in [0.4, 0.5) is 0 Å². The molecule has 0 saturated heterocycles. The van der Waals surface area contributed by atoms with Crippen molar-refractivity contribution in [3.05, 3.63) is 35.6 Å². The molecular formula is C17H35NO. The Hall–Kier alpha value is -1.02. The van der Waals surface area contributed by atoms with Crippen molar-refractivity contribution in [1.29, 1.82) is 0 Å². The standard InChI is InChI=1S/C13H21NO.2C2H6.H2/c1-3-6-12-7-4-5-8-13(9-12)15-11(2)10-14;2*1-2;/h4,7-9,11H,3,5-6,10,14H2,1-2H3;2*1-2H3;1H/t11-;;;/m1.../s1. The molecule has 2 heteroatoms. The van der Waals surface area contributed by atoms with E-state index in [-0.39, 0.29) is 7.53 Å². The number of nitrogens with two attached hydrogens (primary N) is 1. The maximum absolute atomic E-state index is 5.72. The van der Waals surface area contributed by atoms with E-state index in [0.29, 0.717) is 6.54 Å². The van der Waals surface area contributed by atoms with Gasteiger partial charge in [-0.3, -0.25) is 0 Å². The first-order valence-corrected chi connectivity index (χ1v) is 7.70. The maximum atomic E-state index is 5.72. The zero-order valence-electron chi connectivity index (χ0n) is 13.7. The zero-order chi connectivity index (χ0) is 15.1. The van der Waals surface area contributed by atoms with Crippen LogP contribution in [0.15, 0.2) is 35.6 Å². The van der Waals surface area contributed by atoms with Crippen molar-refractivity contribution in [1.82, 2.24) is 0 Å². The van der Waals surface area contributed by atoms with Gasteiger partial charge in [0.2, 0.25) is 0 Å². The molecule has 1 atom stereocenters. The average Bonchev–Trinajstić information content (AvgIpc) is 2.69. The number of rotatable bonds is 5. The summed E-state index contributed by atoms with van der Waals surface area (Å²) >= 11 is 0. The lowest BCUT2D eigenvalue weighted by Gasteiger charge is -2.13. The van der Waals surface area contributed by atoms with Crippen molar-refractivity contribution in [3.63, 3.8) is 0 Å². The van der Waals surface area contributed by atoms with Gasteiger partial charge < -0.3 is 10.5 Å². The highest BCUT2D eigenvalue weighted by Crippen LogP contribution is 2.17. The van der Waals surface area contributed by atoms with Crippen LogP contribution >= 0.6 is 0 Å². The van der Waals surface area contributed by atoms with Gasteiger partial charge >= 0.3 is 0 Å². The van der Waals surface area contributed by atoms with E-state index in [2.05, 4.69) is 31.2 Å². The van der Waals surface area contributed by atoms with Crippen molar-refractivity contribution >= 4 is 0 Å². The van der Waals surface area contributed by atoms with Gasteiger partial charge in [0.05, 0.1) is 0 Å². The van der Waals surface area contributed by atoms with E-state index in [1.54, 1.807) is 0 Å². The molecule has 0 bridgehead atoms. The van der Waals surface area contributed by atoms with Crippen LogP contribution < -0.4 is 5.73 Å². The Balaban J connectivity index is -0.000000529. The van der Waals surface area contributed by atoms with Gasteiger partial charge in [-0.1, -0.05) is 53.2 Å². The van der Waals surface area contributed by atoms with Crippen LogP contribution in [0.3, 0.4) is 0 Å². The first-order chi connectivity index (χ1) is 9.26. The molecule has 0 saturated carbocycles. The third-order valence-corrected chi connectivity index (χ3v) is 2.32. The molecule has 0 radical (unpaired) electrons. The molecule has 0 heterocycles. The van der Waals surface area contributed by atoms with Crippen LogP contribution in [0.25, 0.3) is 0 Å². The number of hydrogen-bond donors (Lipinski definition) is 1. The Bertz CT molecular complexity index is 283. The minimum atomic E-state index is 0. The Morgan fingerprint density at radius 2 is 1.95 bits per heavy atom. The van der Waals surface area contributed by atoms with E-state index < -0.39 is 0 Å². The van der Waals surface area contributed by atoms with E-state index >= 15 is 0 Å². The summed E-state index contributed by atoms with van der Waals surface area (Å²) in [6, 6.07) is 0. The number of allylic oxidation sites excluding steroid dienone is 5. The predicted molar refractivity (Wildman–Crippen MR) is 89.2 cm³/mol. The van der Waals surface area contributed by atoms with Crippen LogP contribution in [-0.4, -0.2) is 12.6 Å². The largest absolute Gasteiger partial charge is 0.490 e. The van der Waals surface area contributed by atoms with E-state index in [0.717, 1.165) is 25.0 Å². The molecule has 0 amide bonds. The molecule has 0 aromatic heterocycles. The molecule has 0 aromatic rings. The van der Waals surface area contributed by atoms with Crippen LogP contribution in [-0.2, 0) is 4.74 Å².